The molecule has 9 heteroatoms. The van der Waals surface area contributed by atoms with Crippen LogP contribution in [-0.2, 0) is 0 Å². The molecule has 1 saturated carbocycles. The van der Waals surface area contributed by atoms with Crippen molar-refractivity contribution in [1.29, 1.82) is 0 Å². The van der Waals surface area contributed by atoms with Crippen LogP contribution in [0.2, 0.25) is 15.2 Å². The predicted molar refractivity (Wildman–Crippen MR) is 104 cm³/mol. The summed E-state index contributed by atoms with van der Waals surface area (Å²) in [6.07, 6.45) is -0.660. The molecule has 2 N–H and O–H groups in total. The highest BCUT2D eigenvalue weighted by Crippen LogP contribution is 2.42. The molecular weight excluding hydrogens is 433 g/mol. The summed E-state index contributed by atoms with van der Waals surface area (Å²) in [5.74, 6) is -1.41. The van der Waals surface area contributed by atoms with Crippen molar-refractivity contribution < 1.29 is 18.7 Å². The van der Waals surface area contributed by atoms with E-state index in [0.717, 1.165) is 0 Å². The first-order valence-corrected chi connectivity index (χ1v) is 9.78. The van der Waals surface area contributed by atoms with Crippen molar-refractivity contribution in [1.82, 2.24) is 10.3 Å². The standard InChI is InChI=1S/C19H17Cl3F2N2O2/c20-12-4-5-14(21)25-16(12)18(27)26-17(11-2-1-3-13(24)15(11)22)19(28)8-6-10(23)7-9-19/h1-5,10,17,28H,6-9H2,(H,26,27)/t10-,17?,19-. The summed E-state index contributed by atoms with van der Waals surface area (Å²) in [5, 5.41) is 13.7. The second kappa shape index (κ2) is 8.49. The summed E-state index contributed by atoms with van der Waals surface area (Å²) in [6, 6.07) is 5.85. The third-order valence-electron chi connectivity index (χ3n) is 4.91. The lowest BCUT2D eigenvalue weighted by Crippen LogP contribution is -2.49. The minimum absolute atomic E-state index is 0.0606. The van der Waals surface area contributed by atoms with Gasteiger partial charge < -0.3 is 10.4 Å². The van der Waals surface area contributed by atoms with E-state index in [4.69, 9.17) is 34.8 Å². The number of aliphatic hydroxyl groups is 1. The second-order valence-corrected chi connectivity index (χ2v) is 7.96. The summed E-state index contributed by atoms with van der Waals surface area (Å²) >= 11 is 18.0. The molecule has 1 aliphatic carbocycles. The molecule has 0 aliphatic heterocycles. The number of benzene rings is 1. The van der Waals surface area contributed by atoms with E-state index in [2.05, 4.69) is 10.3 Å². The average molecular weight is 450 g/mol. The quantitative estimate of drug-likeness (QED) is 0.623. The lowest BCUT2D eigenvalue weighted by atomic mass is 9.76. The molecule has 1 amide bonds. The minimum Gasteiger partial charge on any atom is -0.387 e. The fourth-order valence-electron chi connectivity index (χ4n) is 3.39. The van der Waals surface area contributed by atoms with Crippen molar-refractivity contribution in [3.05, 3.63) is 62.6 Å². The zero-order valence-corrected chi connectivity index (χ0v) is 16.8. The summed E-state index contributed by atoms with van der Waals surface area (Å²) < 4.78 is 27.7. The zero-order chi connectivity index (χ0) is 20.5. The average Bonchev–Trinajstić information content (AvgIpc) is 2.66. The summed E-state index contributed by atoms with van der Waals surface area (Å²) in [4.78, 5) is 16.7. The van der Waals surface area contributed by atoms with Gasteiger partial charge in [-0.05, 0) is 49.4 Å². The first-order chi connectivity index (χ1) is 13.2. The number of carbonyl (C=O) groups excluding carboxylic acids is 1. The number of rotatable bonds is 4. The van der Waals surface area contributed by atoms with Crippen LogP contribution in [-0.4, -0.2) is 27.8 Å². The van der Waals surface area contributed by atoms with Crippen molar-refractivity contribution in [2.45, 2.75) is 43.5 Å². The molecule has 1 heterocycles. The maximum Gasteiger partial charge on any atom is 0.272 e. The lowest BCUT2D eigenvalue weighted by molar-refractivity contribution is -0.0446. The van der Waals surface area contributed by atoms with Crippen molar-refractivity contribution in [2.24, 2.45) is 0 Å². The largest absolute Gasteiger partial charge is 0.387 e. The van der Waals surface area contributed by atoms with Gasteiger partial charge in [-0.15, -0.1) is 0 Å². The van der Waals surface area contributed by atoms with E-state index < -0.39 is 29.5 Å². The number of hydrogen-bond donors (Lipinski definition) is 2. The third-order valence-corrected chi connectivity index (χ3v) is 5.83. The monoisotopic (exact) mass is 448 g/mol. The van der Waals surface area contributed by atoms with E-state index in [1.807, 2.05) is 0 Å². The van der Waals surface area contributed by atoms with Crippen molar-refractivity contribution >= 4 is 40.7 Å². The fourth-order valence-corrected chi connectivity index (χ4v) is 3.97. The Morgan fingerprint density at radius 3 is 2.57 bits per heavy atom. The molecule has 1 aromatic heterocycles. The van der Waals surface area contributed by atoms with Crippen LogP contribution >= 0.6 is 34.8 Å². The number of carbonyl (C=O) groups is 1. The first kappa shape index (κ1) is 21.2. The van der Waals surface area contributed by atoms with Crippen LogP contribution in [0.3, 0.4) is 0 Å². The zero-order valence-electron chi connectivity index (χ0n) is 14.6. The highest BCUT2D eigenvalue weighted by molar-refractivity contribution is 6.34. The molecule has 0 bridgehead atoms. The van der Waals surface area contributed by atoms with Crippen LogP contribution in [0.4, 0.5) is 8.78 Å². The number of amides is 1. The fraction of sp³-hybridized carbons (Fsp3) is 0.368. The third kappa shape index (κ3) is 4.40. The van der Waals surface area contributed by atoms with Crippen molar-refractivity contribution in [2.75, 3.05) is 0 Å². The lowest BCUT2D eigenvalue weighted by Gasteiger charge is -2.41. The molecule has 4 nitrogen and oxygen atoms in total. The highest BCUT2D eigenvalue weighted by Gasteiger charge is 2.43. The Bertz CT molecular complexity index is 889. The van der Waals surface area contributed by atoms with E-state index in [1.165, 1.54) is 30.3 Å². The van der Waals surface area contributed by atoms with Gasteiger partial charge in [-0.1, -0.05) is 46.9 Å². The van der Waals surface area contributed by atoms with Gasteiger partial charge in [0.15, 0.2) is 0 Å². The number of halogens is 5. The van der Waals surface area contributed by atoms with E-state index in [1.54, 1.807) is 0 Å². The van der Waals surface area contributed by atoms with Crippen LogP contribution in [0.1, 0.15) is 47.8 Å². The topological polar surface area (TPSA) is 62.2 Å². The van der Waals surface area contributed by atoms with Crippen molar-refractivity contribution in [3.63, 3.8) is 0 Å². The van der Waals surface area contributed by atoms with Gasteiger partial charge in [0.25, 0.3) is 5.91 Å². The molecule has 0 spiro atoms. The Balaban J connectivity index is 2.00. The molecule has 2 aromatic rings. The SMILES string of the molecule is O=C(NC(c1cccc(F)c1Cl)[C@]1(O)CC[C@H](F)CC1)c1nc(Cl)ccc1Cl. The van der Waals surface area contributed by atoms with Gasteiger partial charge in [-0.3, -0.25) is 4.79 Å². The van der Waals surface area contributed by atoms with Crippen LogP contribution in [0.5, 0.6) is 0 Å². The van der Waals surface area contributed by atoms with Gasteiger partial charge in [0.1, 0.15) is 22.8 Å². The van der Waals surface area contributed by atoms with E-state index >= 15 is 0 Å². The number of pyridine rings is 1. The molecule has 1 aromatic carbocycles. The smallest absolute Gasteiger partial charge is 0.272 e. The highest BCUT2D eigenvalue weighted by atomic mass is 35.5. The molecule has 3 rings (SSSR count). The number of hydrogen-bond acceptors (Lipinski definition) is 3. The van der Waals surface area contributed by atoms with Gasteiger partial charge >= 0.3 is 0 Å². The normalized spacial score (nSPS) is 23.3. The molecule has 1 aliphatic rings. The molecule has 1 unspecified atom stereocenters. The molecule has 1 atom stereocenters. The summed E-state index contributed by atoms with van der Waals surface area (Å²) in [7, 11) is 0. The van der Waals surface area contributed by atoms with Crippen LogP contribution in [0, 0.1) is 5.82 Å². The second-order valence-electron chi connectivity index (χ2n) is 6.79. The minimum atomic E-state index is -1.51. The van der Waals surface area contributed by atoms with Gasteiger partial charge in [0.05, 0.1) is 21.7 Å². The van der Waals surface area contributed by atoms with Gasteiger partial charge in [-0.25, -0.2) is 13.8 Å². The van der Waals surface area contributed by atoms with Gasteiger partial charge in [0, 0.05) is 0 Å². The maximum absolute atomic E-state index is 14.0. The summed E-state index contributed by atoms with van der Waals surface area (Å²) in [5.41, 5.74) is -1.47. The molecule has 28 heavy (non-hydrogen) atoms. The molecule has 0 radical (unpaired) electrons. The number of aromatic nitrogens is 1. The number of alkyl halides is 1. The molecule has 0 saturated heterocycles. The Morgan fingerprint density at radius 2 is 1.89 bits per heavy atom. The Kier molecular flexibility index (Phi) is 6.44. The van der Waals surface area contributed by atoms with Crippen molar-refractivity contribution in [3.8, 4) is 0 Å². The summed E-state index contributed by atoms with van der Waals surface area (Å²) in [6.45, 7) is 0. The van der Waals surface area contributed by atoms with E-state index in [0.29, 0.717) is 0 Å². The Hall–Kier alpha value is -1.47. The van der Waals surface area contributed by atoms with E-state index in [-0.39, 0.29) is 52.1 Å². The van der Waals surface area contributed by atoms with Crippen LogP contribution in [0.25, 0.3) is 0 Å². The predicted octanol–water partition coefficient (Wildman–Crippen LogP) is 5.30. The van der Waals surface area contributed by atoms with Crippen LogP contribution in [0.15, 0.2) is 30.3 Å². The molecule has 150 valence electrons. The Labute approximate surface area is 175 Å². The maximum atomic E-state index is 14.0. The molecular formula is C19H17Cl3F2N2O2. The van der Waals surface area contributed by atoms with Crippen LogP contribution < -0.4 is 5.32 Å². The number of nitrogens with one attached hydrogen (secondary N) is 1. The van der Waals surface area contributed by atoms with Gasteiger partial charge in [-0.2, -0.15) is 0 Å². The first-order valence-electron chi connectivity index (χ1n) is 8.64. The van der Waals surface area contributed by atoms with Gasteiger partial charge in [0.2, 0.25) is 0 Å². The van der Waals surface area contributed by atoms with E-state index in [9.17, 15) is 18.7 Å². The molecule has 1 fully saturated rings. The Morgan fingerprint density at radius 1 is 1.21 bits per heavy atom. The number of nitrogens with zero attached hydrogens (tertiary/aromatic N) is 1.